The van der Waals surface area contributed by atoms with E-state index < -0.39 is 5.91 Å². The van der Waals surface area contributed by atoms with Crippen LogP contribution in [-0.2, 0) is 0 Å². The number of carbonyl (C=O) groups excluding carboxylic acids is 2. The molecule has 3 rings (SSSR count). The van der Waals surface area contributed by atoms with E-state index in [4.69, 9.17) is 9.47 Å². The molecule has 0 spiro atoms. The number of aromatic nitrogens is 1. The zero-order valence-electron chi connectivity index (χ0n) is 12.7. The van der Waals surface area contributed by atoms with E-state index in [-0.39, 0.29) is 24.1 Å². The lowest BCUT2D eigenvalue weighted by molar-refractivity contribution is 0.0953. The zero-order chi connectivity index (χ0) is 16.9. The van der Waals surface area contributed by atoms with Gasteiger partial charge in [-0.1, -0.05) is 12.1 Å². The maximum Gasteiger partial charge on any atom is 0.274 e. The number of carbonyl (C=O) groups is 2. The molecule has 1 aromatic heterocycles. The molecule has 0 atom stereocenters. The predicted octanol–water partition coefficient (Wildman–Crippen LogP) is 1.98. The topological polar surface area (TPSA) is 89.6 Å². The van der Waals surface area contributed by atoms with Crippen molar-refractivity contribution < 1.29 is 19.1 Å². The first-order valence-corrected chi connectivity index (χ1v) is 7.24. The Morgan fingerprint density at radius 1 is 1.12 bits per heavy atom. The molecule has 24 heavy (non-hydrogen) atoms. The predicted molar refractivity (Wildman–Crippen MR) is 87.3 cm³/mol. The van der Waals surface area contributed by atoms with Gasteiger partial charge in [0.15, 0.2) is 11.5 Å². The molecule has 0 saturated carbocycles. The minimum Gasteiger partial charge on any atom is -0.454 e. The van der Waals surface area contributed by atoms with Gasteiger partial charge < -0.3 is 20.1 Å². The monoisotopic (exact) mass is 325 g/mol. The third-order valence-corrected chi connectivity index (χ3v) is 3.25. The molecule has 0 radical (unpaired) electrons. The fraction of sp³-hybridized carbons (Fsp3) is 0.118. The highest BCUT2D eigenvalue weighted by atomic mass is 16.7. The van der Waals surface area contributed by atoms with Crippen LogP contribution in [0.15, 0.2) is 49.1 Å². The number of ether oxygens (including phenoxy) is 2. The number of amides is 2. The lowest BCUT2D eigenvalue weighted by atomic mass is 10.2. The number of hydrogen-bond acceptors (Lipinski definition) is 5. The average molecular weight is 325 g/mol. The highest BCUT2D eigenvalue weighted by Crippen LogP contribution is 2.34. The van der Waals surface area contributed by atoms with Crippen molar-refractivity contribution in [2.75, 3.05) is 18.7 Å². The van der Waals surface area contributed by atoms with Crippen LogP contribution >= 0.6 is 0 Å². The summed E-state index contributed by atoms with van der Waals surface area (Å²) < 4.78 is 10.5. The quantitative estimate of drug-likeness (QED) is 0.821. The third kappa shape index (κ3) is 3.35. The van der Waals surface area contributed by atoms with Gasteiger partial charge in [0.2, 0.25) is 6.79 Å². The van der Waals surface area contributed by atoms with Gasteiger partial charge in [-0.3, -0.25) is 9.59 Å². The lowest BCUT2D eigenvalue weighted by Gasteiger charge is -2.07. The van der Waals surface area contributed by atoms with E-state index in [0.29, 0.717) is 23.7 Å². The molecular formula is C17H15N3O4. The fourth-order valence-corrected chi connectivity index (χ4v) is 2.11. The van der Waals surface area contributed by atoms with Crippen molar-refractivity contribution in [3.05, 3.63) is 60.4 Å². The van der Waals surface area contributed by atoms with E-state index in [9.17, 15) is 9.59 Å². The summed E-state index contributed by atoms with van der Waals surface area (Å²) in [4.78, 5) is 28.3. The van der Waals surface area contributed by atoms with E-state index in [0.717, 1.165) is 0 Å². The van der Waals surface area contributed by atoms with Gasteiger partial charge in [0.05, 0.1) is 0 Å². The van der Waals surface area contributed by atoms with Crippen LogP contribution in [0.5, 0.6) is 11.5 Å². The highest BCUT2D eigenvalue weighted by Gasteiger charge is 2.16. The third-order valence-electron chi connectivity index (χ3n) is 3.25. The molecule has 0 unspecified atom stereocenters. The summed E-state index contributed by atoms with van der Waals surface area (Å²) in [5.41, 5.74) is 0.849. The summed E-state index contributed by atoms with van der Waals surface area (Å²) >= 11 is 0. The number of pyridine rings is 1. The van der Waals surface area contributed by atoms with Crippen LogP contribution in [-0.4, -0.2) is 30.1 Å². The second-order valence-corrected chi connectivity index (χ2v) is 4.93. The number of hydrogen-bond donors (Lipinski definition) is 2. The summed E-state index contributed by atoms with van der Waals surface area (Å²) in [6, 6.07) is 9.75. The van der Waals surface area contributed by atoms with Crippen LogP contribution in [0.25, 0.3) is 0 Å². The molecule has 1 aliphatic rings. The highest BCUT2D eigenvalue weighted by molar-refractivity contribution is 6.04. The van der Waals surface area contributed by atoms with Gasteiger partial charge in [-0.05, 0) is 24.3 Å². The van der Waals surface area contributed by atoms with Crippen LogP contribution < -0.4 is 20.1 Å². The van der Waals surface area contributed by atoms with Crippen LogP contribution in [0.1, 0.15) is 21.0 Å². The molecular weight excluding hydrogens is 310 g/mol. The van der Waals surface area contributed by atoms with E-state index in [1.807, 2.05) is 0 Å². The molecule has 2 N–H and O–H groups in total. The van der Waals surface area contributed by atoms with Gasteiger partial charge in [-0.15, -0.1) is 6.58 Å². The molecule has 7 heteroatoms. The minimum absolute atomic E-state index is 0.138. The Kier molecular flexibility index (Phi) is 4.42. The van der Waals surface area contributed by atoms with Gasteiger partial charge in [0.25, 0.3) is 11.8 Å². The summed E-state index contributed by atoms with van der Waals surface area (Å²) in [6.45, 7) is 4.02. The van der Waals surface area contributed by atoms with Gasteiger partial charge in [-0.25, -0.2) is 4.98 Å². The van der Waals surface area contributed by atoms with Crippen molar-refractivity contribution in [1.29, 1.82) is 0 Å². The Bertz CT molecular complexity index is 804. The van der Waals surface area contributed by atoms with Crippen molar-refractivity contribution in [3.63, 3.8) is 0 Å². The molecule has 0 bridgehead atoms. The van der Waals surface area contributed by atoms with Crippen molar-refractivity contribution >= 4 is 17.5 Å². The van der Waals surface area contributed by atoms with E-state index in [1.165, 1.54) is 12.1 Å². The molecule has 0 fully saturated rings. The Labute approximate surface area is 138 Å². The zero-order valence-corrected chi connectivity index (χ0v) is 12.7. The first-order valence-electron chi connectivity index (χ1n) is 7.24. The van der Waals surface area contributed by atoms with Crippen LogP contribution in [0.2, 0.25) is 0 Å². The Morgan fingerprint density at radius 3 is 2.67 bits per heavy atom. The van der Waals surface area contributed by atoms with Crippen molar-refractivity contribution in [2.24, 2.45) is 0 Å². The lowest BCUT2D eigenvalue weighted by Crippen LogP contribution is -2.25. The maximum absolute atomic E-state index is 12.3. The Balaban J connectivity index is 1.73. The molecule has 2 amide bonds. The largest absolute Gasteiger partial charge is 0.454 e. The molecule has 2 aromatic rings. The van der Waals surface area contributed by atoms with Gasteiger partial charge in [-0.2, -0.15) is 0 Å². The molecule has 2 heterocycles. The first kappa shape index (κ1) is 15.5. The van der Waals surface area contributed by atoms with Crippen LogP contribution in [0.4, 0.5) is 5.69 Å². The summed E-state index contributed by atoms with van der Waals surface area (Å²) in [5, 5.41) is 5.32. The summed E-state index contributed by atoms with van der Waals surface area (Å²) in [5.74, 6) is 0.408. The number of benzene rings is 1. The molecule has 1 aromatic carbocycles. The van der Waals surface area contributed by atoms with Crippen molar-refractivity contribution in [3.8, 4) is 11.5 Å². The van der Waals surface area contributed by atoms with E-state index in [2.05, 4.69) is 22.2 Å². The fourth-order valence-electron chi connectivity index (χ4n) is 2.11. The Morgan fingerprint density at radius 2 is 1.88 bits per heavy atom. The molecule has 122 valence electrons. The molecule has 1 aliphatic heterocycles. The van der Waals surface area contributed by atoms with Crippen LogP contribution in [0, 0.1) is 0 Å². The number of nitrogens with zero attached hydrogens (tertiary/aromatic N) is 1. The second-order valence-electron chi connectivity index (χ2n) is 4.93. The normalized spacial score (nSPS) is 11.7. The smallest absolute Gasteiger partial charge is 0.274 e. The second kappa shape index (κ2) is 6.82. The van der Waals surface area contributed by atoms with E-state index >= 15 is 0 Å². The van der Waals surface area contributed by atoms with Crippen LogP contribution in [0.3, 0.4) is 0 Å². The number of rotatable bonds is 5. The van der Waals surface area contributed by atoms with Crippen molar-refractivity contribution in [2.45, 2.75) is 0 Å². The number of nitrogens with one attached hydrogen (secondary N) is 2. The van der Waals surface area contributed by atoms with Gasteiger partial charge in [0, 0.05) is 18.3 Å². The Hall–Kier alpha value is -3.35. The summed E-state index contributed by atoms with van der Waals surface area (Å²) in [7, 11) is 0. The minimum atomic E-state index is -0.424. The van der Waals surface area contributed by atoms with Gasteiger partial charge in [0.1, 0.15) is 11.4 Å². The molecule has 0 saturated heterocycles. The van der Waals surface area contributed by atoms with E-state index in [1.54, 1.807) is 30.3 Å². The molecule has 0 aliphatic carbocycles. The number of anilines is 1. The molecule has 7 nitrogen and oxygen atoms in total. The first-order chi connectivity index (χ1) is 11.7. The average Bonchev–Trinajstić information content (AvgIpc) is 3.07. The van der Waals surface area contributed by atoms with Gasteiger partial charge >= 0.3 is 0 Å². The SMILES string of the molecule is C=CCNC(=O)c1cccc(C(=O)Nc2ccc3c(c2)OCO3)n1. The maximum atomic E-state index is 12.3. The number of fused-ring (bicyclic) bond motifs is 1. The summed E-state index contributed by atoms with van der Waals surface area (Å²) in [6.07, 6.45) is 1.56. The van der Waals surface area contributed by atoms with Crippen molar-refractivity contribution in [1.82, 2.24) is 10.3 Å². The standard InChI is InChI=1S/C17H15N3O4/c1-2-8-18-16(21)12-4-3-5-13(20-12)17(22)19-11-6-7-14-15(9-11)24-10-23-14/h2-7,9H,1,8,10H2,(H,18,21)(H,19,22).